The molecule has 60 valence electrons. The zero-order valence-electron chi connectivity index (χ0n) is 5.11. The molecule has 0 radical (unpaired) electrons. The van der Waals surface area contributed by atoms with E-state index in [2.05, 4.69) is 15.9 Å². The van der Waals surface area contributed by atoms with Crippen LogP contribution in [-0.2, 0) is 0 Å². The molecular weight excluding hydrogens is 238 g/mol. The molecule has 0 unspecified atom stereocenters. The Morgan fingerprint density at radius 2 is 1.91 bits per heavy atom. The van der Waals surface area contributed by atoms with Crippen molar-refractivity contribution in [1.82, 2.24) is 0 Å². The van der Waals surface area contributed by atoms with Crippen LogP contribution in [0.15, 0.2) is 10.5 Å². The Labute approximate surface area is 75.4 Å². The maximum Gasteiger partial charge on any atom is 0.174 e. The molecule has 0 saturated heterocycles. The van der Waals surface area contributed by atoms with Crippen LogP contribution in [0.2, 0.25) is 5.02 Å². The molecule has 0 fully saturated rings. The number of phenolic OH excluding ortho intramolecular Hbond substituents is 2. The second-order valence-electron chi connectivity index (χ2n) is 1.85. The summed E-state index contributed by atoms with van der Waals surface area (Å²) in [4.78, 5) is 0. The van der Waals surface area contributed by atoms with E-state index < -0.39 is 16.6 Å². The third-order valence-electron chi connectivity index (χ3n) is 1.12. The van der Waals surface area contributed by atoms with Crippen molar-refractivity contribution >= 4 is 27.5 Å². The fourth-order valence-electron chi connectivity index (χ4n) is 0.570. The lowest BCUT2D eigenvalue weighted by Gasteiger charge is -2.02. The van der Waals surface area contributed by atoms with Crippen LogP contribution in [0.25, 0.3) is 0 Å². The van der Waals surface area contributed by atoms with Crippen LogP contribution in [0.4, 0.5) is 4.39 Å². The van der Waals surface area contributed by atoms with E-state index >= 15 is 0 Å². The molecule has 0 aliphatic heterocycles. The maximum atomic E-state index is 12.5. The van der Waals surface area contributed by atoms with Gasteiger partial charge in [0.15, 0.2) is 17.3 Å². The Morgan fingerprint density at radius 3 is 2.45 bits per heavy atom. The molecule has 0 saturated carbocycles. The smallest absolute Gasteiger partial charge is 0.174 e. The topological polar surface area (TPSA) is 40.5 Å². The van der Waals surface area contributed by atoms with Crippen molar-refractivity contribution in [3.63, 3.8) is 0 Å². The van der Waals surface area contributed by atoms with E-state index in [0.717, 1.165) is 6.07 Å². The van der Waals surface area contributed by atoms with E-state index in [1.165, 1.54) is 0 Å². The first kappa shape index (κ1) is 8.62. The largest absolute Gasteiger partial charge is 0.505 e. The van der Waals surface area contributed by atoms with Gasteiger partial charge in [-0.05, 0) is 22.0 Å². The van der Waals surface area contributed by atoms with Gasteiger partial charge in [-0.3, -0.25) is 0 Å². The lowest BCUT2D eigenvalue weighted by atomic mass is 10.3. The summed E-state index contributed by atoms with van der Waals surface area (Å²) in [5.74, 6) is -1.99. The average Bonchev–Trinajstić information content (AvgIpc) is 1.97. The van der Waals surface area contributed by atoms with Gasteiger partial charge < -0.3 is 10.2 Å². The molecule has 1 rings (SSSR count). The standard InChI is InChI=1S/C6H3BrClFO2/c7-2-1-3(9)6(11)4(8)5(2)10/h1,10-11H. The highest BCUT2D eigenvalue weighted by atomic mass is 79.9. The van der Waals surface area contributed by atoms with Gasteiger partial charge in [-0.2, -0.15) is 0 Å². The third kappa shape index (κ3) is 1.41. The predicted molar refractivity (Wildman–Crippen MR) is 42.4 cm³/mol. The van der Waals surface area contributed by atoms with Gasteiger partial charge in [0.25, 0.3) is 0 Å². The Balaban J connectivity index is 3.46. The fraction of sp³-hybridized carbons (Fsp3) is 0. The Bertz CT molecular complexity index is 277. The first-order chi connectivity index (χ1) is 5.04. The number of rotatable bonds is 0. The SMILES string of the molecule is Oc1c(F)cc(Br)c(O)c1Cl. The van der Waals surface area contributed by atoms with Gasteiger partial charge in [0, 0.05) is 0 Å². The Hall–Kier alpha value is -0.480. The molecule has 11 heavy (non-hydrogen) atoms. The summed E-state index contributed by atoms with van der Waals surface area (Å²) in [6, 6.07) is 0.927. The predicted octanol–water partition coefficient (Wildman–Crippen LogP) is 2.65. The quantitative estimate of drug-likeness (QED) is 0.733. The van der Waals surface area contributed by atoms with Gasteiger partial charge in [-0.1, -0.05) is 11.6 Å². The monoisotopic (exact) mass is 240 g/mol. The maximum absolute atomic E-state index is 12.5. The molecule has 0 aromatic heterocycles. The average molecular weight is 241 g/mol. The van der Waals surface area contributed by atoms with Gasteiger partial charge in [-0.15, -0.1) is 0 Å². The van der Waals surface area contributed by atoms with Crippen molar-refractivity contribution in [3.05, 3.63) is 21.4 Å². The summed E-state index contributed by atoms with van der Waals surface area (Å²) in [5.41, 5.74) is 0. The molecular formula is C6H3BrClFO2. The summed E-state index contributed by atoms with van der Waals surface area (Å²) in [6.45, 7) is 0. The van der Waals surface area contributed by atoms with Crippen molar-refractivity contribution in [1.29, 1.82) is 0 Å². The van der Waals surface area contributed by atoms with Crippen molar-refractivity contribution in [2.45, 2.75) is 0 Å². The summed E-state index contributed by atoms with van der Waals surface area (Å²) in [7, 11) is 0. The zero-order chi connectivity index (χ0) is 8.59. The van der Waals surface area contributed by atoms with Crippen LogP contribution in [-0.4, -0.2) is 10.2 Å². The highest BCUT2D eigenvalue weighted by Gasteiger charge is 2.13. The summed E-state index contributed by atoms with van der Waals surface area (Å²) in [6.07, 6.45) is 0. The van der Waals surface area contributed by atoms with Crippen LogP contribution in [0.1, 0.15) is 0 Å². The Kier molecular flexibility index (Phi) is 2.25. The van der Waals surface area contributed by atoms with Crippen LogP contribution in [0.5, 0.6) is 11.5 Å². The van der Waals surface area contributed by atoms with E-state index in [1.807, 2.05) is 0 Å². The summed E-state index contributed by atoms with van der Waals surface area (Å²) >= 11 is 8.16. The van der Waals surface area contributed by atoms with E-state index in [9.17, 15) is 4.39 Å². The van der Waals surface area contributed by atoms with E-state index in [4.69, 9.17) is 21.8 Å². The molecule has 0 aliphatic carbocycles. The fourth-order valence-corrected chi connectivity index (χ4v) is 1.28. The number of hydrogen-bond donors (Lipinski definition) is 2. The second kappa shape index (κ2) is 2.87. The highest BCUT2D eigenvalue weighted by Crippen LogP contribution is 2.39. The van der Waals surface area contributed by atoms with Crippen molar-refractivity contribution < 1.29 is 14.6 Å². The minimum absolute atomic E-state index is 0.109. The molecule has 2 nitrogen and oxygen atoms in total. The van der Waals surface area contributed by atoms with Crippen molar-refractivity contribution in [2.24, 2.45) is 0 Å². The van der Waals surface area contributed by atoms with Crippen LogP contribution >= 0.6 is 27.5 Å². The van der Waals surface area contributed by atoms with Gasteiger partial charge in [0.05, 0.1) is 4.47 Å². The molecule has 0 bridgehead atoms. The minimum atomic E-state index is -0.875. The van der Waals surface area contributed by atoms with E-state index in [0.29, 0.717) is 0 Å². The molecule has 0 heterocycles. The van der Waals surface area contributed by atoms with E-state index in [1.54, 1.807) is 0 Å². The summed E-state index contributed by atoms with van der Waals surface area (Å²) in [5, 5.41) is 17.4. The van der Waals surface area contributed by atoms with Crippen LogP contribution < -0.4 is 0 Å². The number of halogens is 3. The lowest BCUT2D eigenvalue weighted by Crippen LogP contribution is -1.79. The van der Waals surface area contributed by atoms with E-state index in [-0.39, 0.29) is 10.2 Å². The van der Waals surface area contributed by atoms with Crippen molar-refractivity contribution in [2.75, 3.05) is 0 Å². The number of phenols is 2. The van der Waals surface area contributed by atoms with Crippen LogP contribution in [0.3, 0.4) is 0 Å². The highest BCUT2D eigenvalue weighted by molar-refractivity contribution is 9.10. The number of benzene rings is 1. The zero-order valence-corrected chi connectivity index (χ0v) is 7.45. The van der Waals surface area contributed by atoms with Gasteiger partial charge in [-0.25, -0.2) is 4.39 Å². The molecule has 5 heteroatoms. The first-order valence-corrected chi connectivity index (χ1v) is 3.76. The normalized spacial score (nSPS) is 10.1. The molecule has 0 spiro atoms. The summed E-state index contributed by atoms with van der Waals surface area (Å²) < 4.78 is 12.7. The van der Waals surface area contributed by atoms with Crippen molar-refractivity contribution in [3.8, 4) is 11.5 Å². The molecule has 2 N–H and O–H groups in total. The lowest BCUT2D eigenvalue weighted by molar-refractivity contribution is 0.418. The number of aromatic hydroxyl groups is 2. The van der Waals surface area contributed by atoms with Gasteiger partial charge >= 0.3 is 0 Å². The molecule has 1 aromatic carbocycles. The van der Waals surface area contributed by atoms with Gasteiger partial charge in [0.2, 0.25) is 0 Å². The Morgan fingerprint density at radius 1 is 1.36 bits per heavy atom. The van der Waals surface area contributed by atoms with Gasteiger partial charge in [0.1, 0.15) is 5.02 Å². The minimum Gasteiger partial charge on any atom is -0.505 e. The second-order valence-corrected chi connectivity index (χ2v) is 3.08. The first-order valence-electron chi connectivity index (χ1n) is 2.59. The molecule has 1 aromatic rings. The van der Waals surface area contributed by atoms with Crippen LogP contribution in [0, 0.1) is 5.82 Å². The molecule has 0 aliphatic rings. The number of hydrogen-bond acceptors (Lipinski definition) is 2. The third-order valence-corrected chi connectivity index (χ3v) is 2.08. The molecule has 0 atom stereocenters. The molecule has 0 amide bonds.